The van der Waals surface area contributed by atoms with E-state index in [1.54, 1.807) is 28.8 Å². The van der Waals surface area contributed by atoms with Crippen LogP contribution in [0.5, 0.6) is 0 Å². The molecule has 0 bridgehead atoms. The molecule has 0 saturated carbocycles. The summed E-state index contributed by atoms with van der Waals surface area (Å²) in [4.78, 5) is 8.94. The Kier molecular flexibility index (Phi) is 3.37. The van der Waals surface area contributed by atoms with Crippen LogP contribution in [-0.4, -0.2) is 18.9 Å². The summed E-state index contributed by atoms with van der Waals surface area (Å²) in [5.41, 5.74) is 2.93. The van der Waals surface area contributed by atoms with Crippen LogP contribution >= 0.6 is 0 Å². The van der Waals surface area contributed by atoms with E-state index in [4.69, 9.17) is 0 Å². The van der Waals surface area contributed by atoms with E-state index in [-0.39, 0.29) is 11.6 Å². The van der Waals surface area contributed by atoms with Crippen molar-refractivity contribution in [2.45, 2.75) is 6.42 Å². The topological polar surface area (TPSA) is 35.1 Å². The number of hydrogen-bond donors (Lipinski definition) is 0. The summed E-state index contributed by atoms with van der Waals surface area (Å²) in [5, 5.41) is 0. The number of benzene rings is 1. The molecule has 0 saturated heterocycles. The second-order valence-corrected chi connectivity index (χ2v) is 5.62. The maximum Gasteiger partial charge on any atom is 0.139 e. The summed E-state index contributed by atoms with van der Waals surface area (Å²) in [7, 11) is 1.91. The minimum Gasteiger partial charge on any atom is -0.338 e. The molecule has 0 aliphatic carbocycles. The predicted molar refractivity (Wildman–Crippen MR) is 86.6 cm³/mol. The fourth-order valence-electron chi connectivity index (χ4n) is 2.79. The first-order chi connectivity index (χ1) is 11.6. The molecule has 0 fully saturated rings. The maximum atomic E-state index is 13.7. The molecule has 0 aliphatic rings. The van der Waals surface area contributed by atoms with Gasteiger partial charge in [-0.3, -0.25) is 0 Å². The van der Waals surface area contributed by atoms with E-state index < -0.39 is 0 Å². The van der Waals surface area contributed by atoms with Gasteiger partial charge >= 0.3 is 0 Å². The lowest BCUT2D eigenvalue weighted by atomic mass is 10.1. The highest BCUT2D eigenvalue weighted by Crippen LogP contribution is 2.26. The molecule has 4 nitrogen and oxygen atoms in total. The zero-order valence-electron chi connectivity index (χ0n) is 12.9. The van der Waals surface area contributed by atoms with Gasteiger partial charge in [0.1, 0.15) is 23.1 Å². The number of aryl methyl sites for hydroxylation is 1. The highest BCUT2D eigenvalue weighted by Gasteiger charge is 2.16. The molecule has 0 amide bonds. The van der Waals surface area contributed by atoms with Gasteiger partial charge in [-0.05, 0) is 36.4 Å². The molecule has 0 aliphatic heterocycles. The third-order valence-electron chi connectivity index (χ3n) is 4.05. The van der Waals surface area contributed by atoms with Crippen molar-refractivity contribution in [1.29, 1.82) is 0 Å². The van der Waals surface area contributed by atoms with Gasteiger partial charge in [0.25, 0.3) is 0 Å². The van der Waals surface area contributed by atoms with Gasteiger partial charge in [-0.15, -0.1) is 0 Å². The van der Waals surface area contributed by atoms with Gasteiger partial charge in [-0.1, -0.05) is 0 Å². The Labute approximate surface area is 137 Å². The molecule has 0 spiro atoms. The van der Waals surface area contributed by atoms with Crippen LogP contribution in [0.1, 0.15) is 11.5 Å². The number of hydrogen-bond acceptors (Lipinski definition) is 2. The predicted octanol–water partition coefficient (Wildman–Crippen LogP) is 3.60. The number of pyridine rings is 1. The van der Waals surface area contributed by atoms with Crippen LogP contribution in [0.3, 0.4) is 0 Å². The Morgan fingerprint density at radius 1 is 1.00 bits per heavy atom. The van der Waals surface area contributed by atoms with Gasteiger partial charge in [-0.25, -0.2) is 18.7 Å². The van der Waals surface area contributed by atoms with Crippen molar-refractivity contribution >= 4 is 5.65 Å². The van der Waals surface area contributed by atoms with Gasteiger partial charge in [-0.2, -0.15) is 0 Å². The Morgan fingerprint density at radius 3 is 2.46 bits per heavy atom. The molecule has 4 aromatic rings. The summed E-state index contributed by atoms with van der Waals surface area (Å²) in [6.45, 7) is 0. The number of nitrogens with zero attached hydrogens (tertiary/aromatic N) is 4. The molecule has 4 rings (SSSR count). The average molecular weight is 324 g/mol. The monoisotopic (exact) mass is 324 g/mol. The second kappa shape index (κ2) is 5.56. The fourth-order valence-corrected chi connectivity index (χ4v) is 2.79. The van der Waals surface area contributed by atoms with Crippen LogP contribution < -0.4 is 0 Å². The van der Waals surface area contributed by atoms with E-state index in [1.165, 1.54) is 24.4 Å². The molecule has 120 valence electrons. The highest BCUT2D eigenvalue weighted by atomic mass is 19.1. The Morgan fingerprint density at radius 2 is 1.75 bits per heavy atom. The normalized spacial score (nSPS) is 11.3. The van der Waals surface area contributed by atoms with Crippen LogP contribution in [0.4, 0.5) is 8.78 Å². The van der Waals surface area contributed by atoms with Gasteiger partial charge in [0, 0.05) is 37.6 Å². The lowest BCUT2D eigenvalue weighted by molar-refractivity contribution is 0.617. The third kappa shape index (κ3) is 2.46. The molecule has 0 N–H and O–H groups in total. The lowest BCUT2D eigenvalue weighted by Crippen LogP contribution is -2.03. The first-order valence-corrected chi connectivity index (χ1v) is 7.50. The third-order valence-corrected chi connectivity index (χ3v) is 4.05. The largest absolute Gasteiger partial charge is 0.338 e. The van der Waals surface area contributed by atoms with E-state index in [2.05, 4.69) is 9.97 Å². The minimum atomic E-state index is -0.341. The Balaban J connectivity index is 1.93. The van der Waals surface area contributed by atoms with Crippen molar-refractivity contribution in [2.75, 3.05) is 0 Å². The summed E-state index contributed by atoms with van der Waals surface area (Å²) in [6, 6.07) is 9.14. The quantitative estimate of drug-likeness (QED) is 0.577. The zero-order chi connectivity index (χ0) is 16.7. The van der Waals surface area contributed by atoms with Gasteiger partial charge in [0.05, 0.1) is 11.4 Å². The molecule has 0 radical (unpaired) electrons. The molecular weight excluding hydrogens is 310 g/mol. The maximum absolute atomic E-state index is 13.7. The van der Waals surface area contributed by atoms with E-state index >= 15 is 0 Å². The molecule has 6 heteroatoms. The van der Waals surface area contributed by atoms with Gasteiger partial charge < -0.3 is 8.97 Å². The van der Waals surface area contributed by atoms with Crippen molar-refractivity contribution in [3.05, 3.63) is 78.1 Å². The van der Waals surface area contributed by atoms with Crippen molar-refractivity contribution < 1.29 is 8.78 Å². The van der Waals surface area contributed by atoms with Crippen LogP contribution in [0, 0.1) is 11.6 Å². The first kappa shape index (κ1) is 14.6. The van der Waals surface area contributed by atoms with Crippen molar-refractivity contribution in [1.82, 2.24) is 18.9 Å². The van der Waals surface area contributed by atoms with E-state index in [0.29, 0.717) is 17.8 Å². The van der Waals surface area contributed by atoms with E-state index in [0.717, 1.165) is 17.1 Å². The molecule has 24 heavy (non-hydrogen) atoms. The molecule has 0 atom stereocenters. The van der Waals surface area contributed by atoms with Crippen LogP contribution in [0.25, 0.3) is 16.9 Å². The number of fused-ring (bicyclic) bond motifs is 1. The van der Waals surface area contributed by atoms with E-state index in [9.17, 15) is 8.78 Å². The van der Waals surface area contributed by atoms with Crippen molar-refractivity contribution in [3.8, 4) is 11.3 Å². The lowest BCUT2D eigenvalue weighted by Gasteiger charge is -2.06. The number of imidazole rings is 2. The highest BCUT2D eigenvalue weighted by molar-refractivity contribution is 5.67. The summed E-state index contributed by atoms with van der Waals surface area (Å²) in [5.74, 6) is 0.190. The number of halogens is 2. The zero-order valence-corrected chi connectivity index (χ0v) is 12.9. The van der Waals surface area contributed by atoms with Crippen LogP contribution in [-0.2, 0) is 13.5 Å². The smallest absolute Gasteiger partial charge is 0.139 e. The van der Waals surface area contributed by atoms with Crippen LogP contribution in [0.15, 0.2) is 55.0 Å². The molecule has 1 aromatic carbocycles. The SMILES string of the molecule is Cn1ccnc1Cc1c(-c2ccc(F)cc2)nc2ccc(F)cn12. The van der Waals surface area contributed by atoms with Gasteiger partial charge in [0.2, 0.25) is 0 Å². The molecular formula is C18H14F2N4. The first-order valence-electron chi connectivity index (χ1n) is 7.50. The number of aromatic nitrogens is 4. The fraction of sp³-hybridized carbons (Fsp3) is 0.111. The standard InChI is InChI=1S/C18H14F2N4/c1-23-9-8-21-17(23)10-15-18(12-2-4-13(19)5-3-12)22-16-7-6-14(20)11-24(15)16/h2-9,11H,10H2,1H3. The van der Waals surface area contributed by atoms with Crippen LogP contribution in [0.2, 0.25) is 0 Å². The Bertz CT molecular complexity index is 1020. The molecule has 3 heterocycles. The molecule has 0 unspecified atom stereocenters. The average Bonchev–Trinajstić information content (AvgIpc) is 3.13. The minimum absolute atomic E-state index is 0.306. The van der Waals surface area contributed by atoms with Crippen molar-refractivity contribution in [2.24, 2.45) is 7.05 Å². The number of rotatable bonds is 3. The second-order valence-electron chi connectivity index (χ2n) is 5.62. The summed E-state index contributed by atoms with van der Waals surface area (Å²) in [6.07, 6.45) is 5.47. The summed E-state index contributed by atoms with van der Waals surface area (Å²) >= 11 is 0. The van der Waals surface area contributed by atoms with Crippen molar-refractivity contribution in [3.63, 3.8) is 0 Å². The molecule has 3 aromatic heterocycles. The van der Waals surface area contributed by atoms with E-state index in [1.807, 2.05) is 17.8 Å². The summed E-state index contributed by atoms with van der Waals surface area (Å²) < 4.78 is 30.6. The Hall–Kier alpha value is -3.02. The van der Waals surface area contributed by atoms with Gasteiger partial charge in [0.15, 0.2) is 0 Å².